The predicted molar refractivity (Wildman–Crippen MR) is 73.8 cm³/mol. The van der Waals surface area contributed by atoms with E-state index in [2.05, 4.69) is 9.46 Å². The number of carbonyl (C=O) groups excluding carboxylic acids is 1. The summed E-state index contributed by atoms with van der Waals surface area (Å²) in [6.07, 6.45) is 0. The summed E-state index contributed by atoms with van der Waals surface area (Å²) in [5.41, 5.74) is 0.272. The zero-order valence-electron chi connectivity index (χ0n) is 11.7. The third kappa shape index (κ3) is 4.03. The molecule has 0 radical (unpaired) electrons. The Balaban J connectivity index is 2.96. The molecule has 1 aromatic carbocycles. The Morgan fingerprint density at radius 1 is 1.30 bits per heavy atom. The lowest BCUT2D eigenvalue weighted by Crippen LogP contribution is -2.41. The molecule has 1 rings (SSSR count). The van der Waals surface area contributed by atoms with E-state index in [9.17, 15) is 13.2 Å². The van der Waals surface area contributed by atoms with Crippen LogP contribution < -0.4 is 4.72 Å². The van der Waals surface area contributed by atoms with Crippen molar-refractivity contribution in [1.82, 2.24) is 4.72 Å². The van der Waals surface area contributed by atoms with Gasteiger partial charge in [-0.2, -0.15) is 0 Å². The SMILES string of the molecule is COC(=O)c1ccc(S(=O)(=O)N[C@H](CO)C(C)C)cc1. The van der Waals surface area contributed by atoms with E-state index < -0.39 is 22.0 Å². The van der Waals surface area contributed by atoms with Gasteiger partial charge in [0, 0.05) is 6.04 Å². The number of esters is 1. The second-order valence-corrected chi connectivity index (χ2v) is 6.38. The van der Waals surface area contributed by atoms with Crippen LogP contribution in [0.25, 0.3) is 0 Å². The molecule has 0 saturated carbocycles. The summed E-state index contributed by atoms with van der Waals surface area (Å²) in [7, 11) is -2.47. The molecule has 0 saturated heterocycles. The number of rotatable bonds is 6. The van der Waals surface area contributed by atoms with Gasteiger partial charge in [0.2, 0.25) is 10.0 Å². The molecule has 2 N–H and O–H groups in total. The van der Waals surface area contributed by atoms with Crippen LogP contribution in [0, 0.1) is 5.92 Å². The van der Waals surface area contributed by atoms with Crippen molar-refractivity contribution in [3.63, 3.8) is 0 Å². The Kier molecular flexibility index (Phi) is 5.67. The molecule has 0 unspecified atom stereocenters. The normalized spacial score (nSPS) is 13.2. The summed E-state index contributed by atoms with van der Waals surface area (Å²) in [6.45, 7) is 3.34. The highest BCUT2D eigenvalue weighted by Crippen LogP contribution is 2.13. The van der Waals surface area contributed by atoms with Crippen molar-refractivity contribution in [3.8, 4) is 0 Å². The molecule has 6 nitrogen and oxygen atoms in total. The molecule has 20 heavy (non-hydrogen) atoms. The molecule has 0 fully saturated rings. The minimum Gasteiger partial charge on any atom is -0.465 e. The quantitative estimate of drug-likeness (QED) is 0.757. The van der Waals surface area contributed by atoms with Gasteiger partial charge in [0.1, 0.15) is 0 Å². The molecule has 0 aliphatic carbocycles. The summed E-state index contributed by atoms with van der Waals surface area (Å²) in [6, 6.07) is 4.85. The molecule has 7 heteroatoms. The van der Waals surface area contributed by atoms with Gasteiger partial charge >= 0.3 is 5.97 Å². The number of nitrogens with one attached hydrogen (secondary N) is 1. The van der Waals surface area contributed by atoms with Crippen LogP contribution in [0.1, 0.15) is 24.2 Å². The van der Waals surface area contributed by atoms with Crippen molar-refractivity contribution in [2.75, 3.05) is 13.7 Å². The van der Waals surface area contributed by atoms with Crippen LogP contribution in [-0.4, -0.2) is 39.3 Å². The highest BCUT2D eigenvalue weighted by Gasteiger charge is 2.22. The zero-order valence-corrected chi connectivity index (χ0v) is 12.5. The van der Waals surface area contributed by atoms with E-state index >= 15 is 0 Å². The second kappa shape index (κ2) is 6.83. The third-order valence-electron chi connectivity index (χ3n) is 2.89. The Bertz CT molecular complexity index is 551. The molecule has 0 aliphatic heterocycles. The molecule has 0 bridgehead atoms. The van der Waals surface area contributed by atoms with Gasteiger partial charge in [-0.3, -0.25) is 0 Å². The first-order chi connectivity index (χ1) is 9.31. The van der Waals surface area contributed by atoms with Crippen molar-refractivity contribution < 1.29 is 23.1 Å². The van der Waals surface area contributed by atoms with E-state index in [4.69, 9.17) is 5.11 Å². The van der Waals surface area contributed by atoms with Crippen molar-refractivity contribution in [2.45, 2.75) is 24.8 Å². The van der Waals surface area contributed by atoms with Gasteiger partial charge in [0.15, 0.2) is 0 Å². The van der Waals surface area contributed by atoms with Gasteiger partial charge in [-0.25, -0.2) is 17.9 Å². The minimum absolute atomic E-state index is 0.0317. The van der Waals surface area contributed by atoms with Crippen molar-refractivity contribution in [1.29, 1.82) is 0 Å². The summed E-state index contributed by atoms with van der Waals surface area (Å²) in [5, 5.41) is 9.17. The maximum Gasteiger partial charge on any atom is 0.337 e. The van der Waals surface area contributed by atoms with Crippen molar-refractivity contribution in [2.24, 2.45) is 5.92 Å². The molecular formula is C13H19NO5S. The topological polar surface area (TPSA) is 92.7 Å². The van der Waals surface area contributed by atoms with E-state index in [1.54, 1.807) is 0 Å². The first kappa shape index (κ1) is 16.6. The number of benzene rings is 1. The lowest BCUT2D eigenvalue weighted by atomic mass is 10.1. The molecule has 1 atom stereocenters. The van der Waals surface area contributed by atoms with Gasteiger partial charge in [-0.05, 0) is 30.2 Å². The number of sulfonamides is 1. The molecule has 0 amide bonds. The highest BCUT2D eigenvalue weighted by molar-refractivity contribution is 7.89. The van der Waals surface area contributed by atoms with Crippen LogP contribution in [0.4, 0.5) is 0 Å². The number of hydrogen-bond donors (Lipinski definition) is 2. The van der Waals surface area contributed by atoms with Gasteiger partial charge in [0.25, 0.3) is 0 Å². The van der Waals surface area contributed by atoms with Crippen LogP contribution in [0.5, 0.6) is 0 Å². The standard InChI is InChI=1S/C13H19NO5S/c1-9(2)12(8-15)14-20(17,18)11-6-4-10(5-7-11)13(16)19-3/h4-7,9,12,14-15H,8H2,1-3H3/t12-/m1/s1. The maximum absolute atomic E-state index is 12.1. The maximum atomic E-state index is 12.1. The average molecular weight is 301 g/mol. The first-order valence-electron chi connectivity index (χ1n) is 6.13. The van der Waals surface area contributed by atoms with Gasteiger partial charge in [0.05, 0.1) is 24.2 Å². The molecular weight excluding hydrogens is 282 g/mol. The van der Waals surface area contributed by atoms with Crippen LogP contribution in [0.15, 0.2) is 29.2 Å². The zero-order chi connectivity index (χ0) is 15.3. The third-order valence-corrected chi connectivity index (χ3v) is 4.40. The fourth-order valence-corrected chi connectivity index (χ4v) is 2.92. The lowest BCUT2D eigenvalue weighted by molar-refractivity contribution is 0.0600. The molecule has 0 aromatic heterocycles. The minimum atomic E-state index is -3.73. The molecule has 0 aliphatic rings. The Morgan fingerprint density at radius 2 is 1.85 bits per heavy atom. The van der Waals surface area contributed by atoms with E-state index in [0.717, 1.165) is 0 Å². The summed E-state index contributed by atoms with van der Waals surface area (Å²) in [5.74, 6) is -0.568. The fraction of sp³-hybridized carbons (Fsp3) is 0.462. The molecule has 0 heterocycles. The van der Waals surface area contributed by atoms with Crippen LogP contribution >= 0.6 is 0 Å². The molecule has 112 valence electrons. The van der Waals surface area contributed by atoms with Crippen molar-refractivity contribution in [3.05, 3.63) is 29.8 Å². The summed E-state index contributed by atoms with van der Waals surface area (Å²) in [4.78, 5) is 11.3. The number of aliphatic hydroxyl groups is 1. The average Bonchev–Trinajstić information content (AvgIpc) is 2.43. The number of aliphatic hydroxyl groups excluding tert-OH is 1. The summed E-state index contributed by atoms with van der Waals surface area (Å²) >= 11 is 0. The van der Waals surface area contributed by atoms with Gasteiger partial charge in [-0.15, -0.1) is 0 Å². The summed E-state index contributed by atoms with van der Waals surface area (Å²) < 4.78 is 31.2. The monoisotopic (exact) mass is 301 g/mol. The van der Waals surface area contributed by atoms with Crippen LogP contribution in [0.3, 0.4) is 0 Å². The van der Waals surface area contributed by atoms with Gasteiger partial charge in [-0.1, -0.05) is 13.8 Å². The predicted octanol–water partition coefficient (Wildman–Crippen LogP) is 0.768. The van der Waals surface area contributed by atoms with Crippen LogP contribution in [0.2, 0.25) is 0 Å². The van der Waals surface area contributed by atoms with E-state index in [-0.39, 0.29) is 23.0 Å². The van der Waals surface area contributed by atoms with E-state index in [0.29, 0.717) is 0 Å². The Labute approximate surface area is 118 Å². The number of ether oxygens (including phenoxy) is 1. The first-order valence-corrected chi connectivity index (χ1v) is 7.61. The number of hydrogen-bond acceptors (Lipinski definition) is 5. The van der Waals surface area contributed by atoms with E-state index in [1.165, 1.54) is 31.4 Å². The Morgan fingerprint density at radius 3 is 2.25 bits per heavy atom. The van der Waals surface area contributed by atoms with E-state index in [1.807, 2.05) is 13.8 Å². The van der Waals surface area contributed by atoms with Gasteiger partial charge < -0.3 is 9.84 Å². The lowest BCUT2D eigenvalue weighted by Gasteiger charge is -2.19. The largest absolute Gasteiger partial charge is 0.465 e. The molecule has 0 spiro atoms. The fourth-order valence-electron chi connectivity index (χ4n) is 1.54. The van der Waals surface area contributed by atoms with Crippen molar-refractivity contribution >= 4 is 16.0 Å². The highest BCUT2D eigenvalue weighted by atomic mass is 32.2. The number of carbonyl (C=O) groups is 1. The molecule has 1 aromatic rings. The second-order valence-electron chi connectivity index (χ2n) is 4.67. The smallest absolute Gasteiger partial charge is 0.337 e. The van der Waals surface area contributed by atoms with Crippen LogP contribution in [-0.2, 0) is 14.8 Å². The Hall–Kier alpha value is -1.44. The number of methoxy groups -OCH3 is 1.